The molecule has 2 heteroatoms. The van der Waals surface area contributed by atoms with Crippen molar-refractivity contribution in [2.45, 2.75) is 57.6 Å². The van der Waals surface area contributed by atoms with Crippen LogP contribution in [0.3, 0.4) is 0 Å². The summed E-state index contributed by atoms with van der Waals surface area (Å²) in [6.45, 7) is 0.130. The van der Waals surface area contributed by atoms with E-state index in [4.69, 9.17) is 0 Å². The lowest BCUT2D eigenvalue weighted by Crippen LogP contribution is -2.34. The van der Waals surface area contributed by atoms with E-state index < -0.39 is 0 Å². The van der Waals surface area contributed by atoms with Crippen LogP contribution in [0.5, 0.6) is 0 Å². The quantitative estimate of drug-likeness (QED) is 0.861. The van der Waals surface area contributed by atoms with Gasteiger partial charge in [0.05, 0.1) is 6.61 Å². The molecule has 3 unspecified atom stereocenters. The first kappa shape index (κ1) is 13.0. The van der Waals surface area contributed by atoms with Crippen molar-refractivity contribution in [3.05, 3.63) is 29.8 Å². The van der Waals surface area contributed by atoms with Gasteiger partial charge in [0.15, 0.2) is 0 Å². The molecular formula is C17H25NO. The molecule has 104 valence electrons. The second-order valence-corrected chi connectivity index (χ2v) is 6.32. The fourth-order valence-corrected chi connectivity index (χ4v) is 4.00. The van der Waals surface area contributed by atoms with Crippen LogP contribution in [0.1, 0.15) is 50.5 Å². The summed E-state index contributed by atoms with van der Waals surface area (Å²) in [5.41, 5.74) is 2.17. The predicted octanol–water partition coefficient (Wildman–Crippen LogP) is 3.95. The van der Waals surface area contributed by atoms with Crippen LogP contribution >= 0.6 is 0 Å². The lowest BCUT2D eigenvalue weighted by atomic mass is 9.69. The molecule has 0 heterocycles. The maximum atomic E-state index is 9.19. The van der Waals surface area contributed by atoms with E-state index in [1.54, 1.807) is 0 Å². The van der Waals surface area contributed by atoms with Crippen LogP contribution in [0.15, 0.2) is 24.3 Å². The number of fused-ring (bicyclic) bond motifs is 1. The number of nitrogens with one attached hydrogen (secondary N) is 1. The molecule has 0 spiro atoms. The van der Waals surface area contributed by atoms with E-state index in [-0.39, 0.29) is 6.61 Å². The van der Waals surface area contributed by atoms with Crippen molar-refractivity contribution in [3.8, 4) is 0 Å². The summed E-state index contributed by atoms with van der Waals surface area (Å²) in [6, 6.07) is 8.83. The highest BCUT2D eigenvalue weighted by Crippen LogP contribution is 2.41. The van der Waals surface area contributed by atoms with Gasteiger partial charge < -0.3 is 10.4 Å². The second kappa shape index (κ2) is 5.96. The largest absolute Gasteiger partial charge is 0.392 e. The van der Waals surface area contributed by atoms with Crippen LogP contribution in [0.4, 0.5) is 5.69 Å². The van der Waals surface area contributed by atoms with Gasteiger partial charge in [-0.3, -0.25) is 0 Å². The van der Waals surface area contributed by atoms with Crippen LogP contribution in [0.25, 0.3) is 0 Å². The van der Waals surface area contributed by atoms with Crippen LogP contribution in [0.2, 0.25) is 0 Å². The molecule has 0 saturated heterocycles. The van der Waals surface area contributed by atoms with Crippen molar-refractivity contribution in [2.24, 2.45) is 11.8 Å². The number of anilines is 1. The average Bonchev–Trinajstić information content (AvgIpc) is 2.47. The molecule has 1 aromatic rings. The Labute approximate surface area is 116 Å². The monoisotopic (exact) mass is 259 g/mol. The van der Waals surface area contributed by atoms with Crippen LogP contribution in [0, 0.1) is 11.8 Å². The lowest BCUT2D eigenvalue weighted by molar-refractivity contribution is 0.162. The number of hydrogen-bond acceptors (Lipinski definition) is 2. The molecule has 0 aromatic heterocycles. The Morgan fingerprint density at radius 2 is 1.89 bits per heavy atom. The zero-order valence-corrected chi connectivity index (χ0v) is 11.6. The Morgan fingerprint density at radius 3 is 2.74 bits per heavy atom. The molecular weight excluding hydrogens is 234 g/mol. The molecule has 2 aliphatic rings. The van der Waals surface area contributed by atoms with Crippen LogP contribution in [-0.4, -0.2) is 11.1 Å². The van der Waals surface area contributed by atoms with Gasteiger partial charge >= 0.3 is 0 Å². The van der Waals surface area contributed by atoms with E-state index in [9.17, 15) is 5.11 Å². The molecule has 2 saturated carbocycles. The Morgan fingerprint density at radius 1 is 1.05 bits per heavy atom. The smallest absolute Gasteiger partial charge is 0.0682 e. The summed E-state index contributed by atoms with van der Waals surface area (Å²) in [6.07, 6.45) is 9.86. The number of aliphatic hydroxyl groups excluding tert-OH is 1. The van der Waals surface area contributed by atoms with Gasteiger partial charge in [0.2, 0.25) is 0 Å². The maximum Gasteiger partial charge on any atom is 0.0682 e. The average molecular weight is 259 g/mol. The van der Waals surface area contributed by atoms with Crippen molar-refractivity contribution < 1.29 is 5.11 Å². The van der Waals surface area contributed by atoms with Crippen molar-refractivity contribution in [1.29, 1.82) is 0 Å². The van der Waals surface area contributed by atoms with Gasteiger partial charge in [-0.2, -0.15) is 0 Å². The normalized spacial score (nSPS) is 30.7. The first-order chi connectivity index (χ1) is 9.35. The third-order valence-electron chi connectivity index (χ3n) is 5.02. The molecule has 2 N–H and O–H groups in total. The van der Waals surface area contributed by atoms with E-state index in [2.05, 4.69) is 17.4 Å². The number of aliphatic hydroxyl groups is 1. The standard InChI is InChI=1S/C17H25NO/c19-12-13-4-3-7-16(10-13)18-17-9-8-14-5-1-2-6-15(14)11-17/h3-4,7,10,14-15,17-19H,1-2,5-6,8-9,11-12H2. The molecule has 2 aliphatic carbocycles. The minimum atomic E-state index is 0.130. The highest BCUT2D eigenvalue weighted by Gasteiger charge is 2.31. The minimum absolute atomic E-state index is 0.130. The first-order valence-corrected chi connectivity index (χ1v) is 7.81. The molecule has 1 aromatic carbocycles. The topological polar surface area (TPSA) is 32.3 Å². The molecule has 0 aliphatic heterocycles. The van der Waals surface area contributed by atoms with Gasteiger partial charge in [-0.15, -0.1) is 0 Å². The third-order valence-corrected chi connectivity index (χ3v) is 5.02. The van der Waals surface area contributed by atoms with E-state index in [1.165, 1.54) is 50.6 Å². The summed E-state index contributed by atoms with van der Waals surface area (Å²) in [5.74, 6) is 1.97. The van der Waals surface area contributed by atoms with Gasteiger partial charge in [0, 0.05) is 11.7 Å². The molecule has 19 heavy (non-hydrogen) atoms. The van der Waals surface area contributed by atoms with Crippen molar-refractivity contribution in [2.75, 3.05) is 5.32 Å². The van der Waals surface area contributed by atoms with Crippen molar-refractivity contribution >= 4 is 5.69 Å². The van der Waals surface area contributed by atoms with Gasteiger partial charge in [0.1, 0.15) is 0 Å². The number of hydrogen-bond donors (Lipinski definition) is 2. The number of rotatable bonds is 3. The van der Waals surface area contributed by atoms with Crippen molar-refractivity contribution in [3.63, 3.8) is 0 Å². The van der Waals surface area contributed by atoms with Crippen LogP contribution < -0.4 is 5.32 Å². The third kappa shape index (κ3) is 3.11. The summed E-state index contributed by atoms with van der Waals surface area (Å²) in [5, 5.41) is 12.9. The summed E-state index contributed by atoms with van der Waals surface area (Å²) in [7, 11) is 0. The zero-order chi connectivity index (χ0) is 13.1. The predicted molar refractivity (Wildman–Crippen MR) is 79.1 cm³/mol. The van der Waals surface area contributed by atoms with Gasteiger partial charge in [-0.05, 0) is 48.8 Å². The molecule has 0 amide bonds. The highest BCUT2D eigenvalue weighted by molar-refractivity contribution is 5.46. The molecule has 0 bridgehead atoms. The molecule has 3 rings (SSSR count). The fourth-order valence-electron chi connectivity index (χ4n) is 4.00. The summed E-state index contributed by atoms with van der Waals surface area (Å²) < 4.78 is 0. The Balaban J connectivity index is 1.60. The maximum absolute atomic E-state index is 9.19. The summed E-state index contributed by atoms with van der Waals surface area (Å²) in [4.78, 5) is 0. The minimum Gasteiger partial charge on any atom is -0.392 e. The highest BCUT2D eigenvalue weighted by atomic mass is 16.3. The van der Waals surface area contributed by atoms with Crippen molar-refractivity contribution in [1.82, 2.24) is 0 Å². The van der Waals surface area contributed by atoms with Gasteiger partial charge in [-0.1, -0.05) is 37.8 Å². The van der Waals surface area contributed by atoms with E-state index in [1.807, 2.05) is 12.1 Å². The molecule has 3 atom stereocenters. The molecule has 2 nitrogen and oxygen atoms in total. The Hall–Kier alpha value is -1.02. The SMILES string of the molecule is OCc1cccc(NC2CCC3CCCCC3C2)c1. The fraction of sp³-hybridized carbons (Fsp3) is 0.647. The van der Waals surface area contributed by atoms with Crippen LogP contribution in [-0.2, 0) is 6.61 Å². The van der Waals surface area contributed by atoms with E-state index in [0.29, 0.717) is 6.04 Å². The Kier molecular flexibility index (Phi) is 4.07. The first-order valence-electron chi connectivity index (χ1n) is 7.81. The Bertz CT molecular complexity index is 417. The second-order valence-electron chi connectivity index (χ2n) is 6.32. The summed E-state index contributed by atoms with van der Waals surface area (Å²) >= 11 is 0. The lowest BCUT2D eigenvalue weighted by Gasteiger charge is -2.39. The molecule has 2 fully saturated rings. The van der Waals surface area contributed by atoms with E-state index in [0.717, 1.165) is 17.4 Å². The zero-order valence-electron chi connectivity index (χ0n) is 11.6. The van der Waals surface area contributed by atoms with E-state index >= 15 is 0 Å². The number of benzene rings is 1. The van der Waals surface area contributed by atoms with Gasteiger partial charge in [0.25, 0.3) is 0 Å². The van der Waals surface area contributed by atoms with Gasteiger partial charge in [-0.25, -0.2) is 0 Å². The molecule has 0 radical (unpaired) electrons.